The number of aromatic nitrogens is 2. The number of amides is 2. The first-order valence-corrected chi connectivity index (χ1v) is 8.68. The highest BCUT2D eigenvalue weighted by Gasteiger charge is 2.39. The maximum atomic E-state index is 13.1. The molecule has 9 heteroatoms. The molecule has 0 unspecified atom stereocenters. The summed E-state index contributed by atoms with van der Waals surface area (Å²) in [6.45, 7) is 0.346. The Morgan fingerprint density at radius 2 is 2.04 bits per heavy atom. The highest BCUT2D eigenvalue weighted by Crippen LogP contribution is 2.35. The fourth-order valence-corrected chi connectivity index (χ4v) is 3.29. The van der Waals surface area contributed by atoms with Crippen molar-refractivity contribution in [1.29, 1.82) is 0 Å². The van der Waals surface area contributed by atoms with Gasteiger partial charge in [0.2, 0.25) is 0 Å². The zero-order valence-electron chi connectivity index (χ0n) is 13.9. The van der Waals surface area contributed by atoms with Crippen molar-refractivity contribution in [2.75, 3.05) is 11.9 Å². The van der Waals surface area contributed by atoms with Crippen molar-refractivity contribution in [2.24, 2.45) is 0 Å². The maximum Gasteiger partial charge on any atom is 0.435 e. The van der Waals surface area contributed by atoms with Gasteiger partial charge in [0.1, 0.15) is 0 Å². The van der Waals surface area contributed by atoms with Gasteiger partial charge in [0.25, 0.3) is 0 Å². The summed E-state index contributed by atoms with van der Waals surface area (Å²) < 4.78 is 40.8. The number of carbonyl (C=O) groups is 1. The first-order chi connectivity index (χ1) is 12.3. The summed E-state index contributed by atoms with van der Waals surface area (Å²) in [5.41, 5.74) is 0.661. The first kappa shape index (κ1) is 18.6. The molecule has 0 saturated carbocycles. The van der Waals surface area contributed by atoms with Crippen molar-refractivity contribution in [3.8, 4) is 0 Å². The van der Waals surface area contributed by atoms with Crippen LogP contribution in [0, 0.1) is 0 Å². The largest absolute Gasteiger partial charge is 0.435 e. The lowest BCUT2D eigenvalue weighted by Gasteiger charge is -2.15. The summed E-state index contributed by atoms with van der Waals surface area (Å²) in [6, 6.07) is 6.21. The van der Waals surface area contributed by atoms with Crippen LogP contribution >= 0.6 is 11.6 Å². The van der Waals surface area contributed by atoms with E-state index in [1.165, 1.54) is 4.68 Å². The fraction of sp³-hybridized carbons (Fsp3) is 0.412. The summed E-state index contributed by atoms with van der Waals surface area (Å²) in [6.07, 6.45) is -1.90. The van der Waals surface area contributed by atoms with Crippen molar-refractivity contribution in [1.82, 2.24) is 15.1 Å². The zero-order chi connectivity index (χ0) is 18.7. The Hall–Kier alpha value is -2.22. The highest BCUT2D eigenvalue weighted by molar-refractivity contribution is 6.30. The van der Waals surface area contributed by atoms with Gasteiger partial charge in [0.15, 0.2) is 5.69 Å². The number of hydrogen-bond donors (Lipinski definition) is 2. The van der Waals surface area contributed by atoms with Crippen LogP contribution in [0.2, 0.25) is 5.02 Å². The van der Waals surface area contributed by atoms with Gasteiger partial charge < -0.3 is 10.6 Å². The van der Waals surface area contributed by atoms with Gasteiger partial charge in [-0.2, -0.15) is 18.3 Å². The Kier molecular flexibility index (Phi) is 5.41. The number of hydrogen-bond acceptors (Lipinski definition) is 2. The van der Waals surface area contributed by atoms with Gasteiger partial charge >= 0.3 is 12.2 Å². The van der Waals surface area contributed by atoms with Gasteiger partial charge in [0, 0.05) is 28.5 Å². The van der Waals surface area contributed by atoms with E-state index in [0.29, 0.717) is 34.8 Å². The average Bonchev–Trinajstić information content (AvgIpc) is 2.94. The second kappa shape index (κ2) is 7.57. The van der Waals surface area contributed by atoms with Crippen LogP contribution in [0.25, 0.3) is 0 Å². The minimum Gasteiger partial charge on any atom is -0.336 e. The normalized spacial score (nSPS) is 14.0. The molecule has 26 heavy (non-hydrogen) atoms. The molecule has 1 aromatic heterocycles. The van der Waals surface area contributed by atoms with Crippen molar-refractivity contribution in [2.45, 2.75) is 38.4 Å². The van der Waals surface area contributed by atoms with Gasteiger partial charge in [-0.25, -0.2) is 4.79 Å². The minimum atomic E-state index is -4.45. The molecule has 3 rings (SSSR count). The molecule has 2 aromatic rings. The van der Waals surface area contributed by atoms with Crippen LogP contribution < -0.4 is 10.6 Å². The van der Waals surface area contributed by atoms with Crippen molar-refractivity contribution in [3.63, 3.8) is 0 Å². The number of rotatable bonds is 4. The van der Waals surface area contributed by atoms with Crippen LogP contribution in [0.4, 0.5) is 23.7 Å². The van der Waals surface area contributed by atoms with Gasteiger partial charge in [-0.05, 0) is 43.9 Å². The van der Waals surface area contributed by atoms with Gasteiger partial charge in [-0.15, -0.1) is 0 Å². The molecule has 1 aromatic carbocycles. The second-order valence-electron chi connectivity index (χ2n) is 6.09. The molecule has 1 aliphatic rings. The number of fused-ring (bicyclic) bond motifs is 1. The predicted octanol–water partition coefficient (Wildman–Crippen LogP) is 4.26. The lowest BCUT2D eigenvalue weighted by Crippen LogP contribution is -2.32. The summed E-state index contributed by atoms with van der Waals surface area (Å²) in [5.74, 6) is 0. The molecule has 2 amide bonds. The van der Waals surface area contributed by atoms with E-state index in [-0.39, 0.29) is 13.1 Å². The van der Waals surface area contributed by atoms with Crippen LogP contribution in [0.5, 0.6) is 0 Å². The molecule has 1 heterocycles. The zero-order valence-corrected chi connectivity index (χ0v) is 14.6. The molecule has 0 aliphatic heterocycles. The molecule has 140 valence electrons. The summed E-state index contributed by atoms with van der Waals surface area (Å²) in [4.78, 5) is 11.9. The summed E-state index contributed by atoms with van der Waals surface area (Å²) >= 11 is 5.84. The number of halogens is 4. The van der Waals surface area contributed by atoms with Gasteiger partial charge in [-0.3, -0.25) is 4.68 Å². The average molecular weight is 387 g/mol. The van der Waals surface area contributed by atoms with E-state index in [1.54, 1.807) is 24.3 Å². The molecule has 0 bridgehead atoms. The first-order valence-electron chi connectivity index (χ1n) is 8.31. The third kappa shape index (κ3) is 4.30. The third-order valence-electron chi connectivity index (χ3n) is 4.22. The Balaban J connectivity index is 1.61. The topological polar surface area (TPSA) is 59.0 Å². The molecule has 0 atom stereocenters. The molecule has 0 saturated heterocycles. The summed E-state index contributed by atoms with van der Waals surface area (Å²) in [7, 11) is 0. The Bertz CT molecular complexity index is 804. The van der Waals surface area contributed by atoms with Crippen LogP contribution in [-0.2, 0) is 25.6 Å². The van der Waals surface area contributed by atoms with Crippen molar-refractivity contribution in [3.05, 3.63) is 46.2 Å². The van der Waals surface area contributed by atoms with E-state index in [4.69, 9.17) is 11.6 Å². The number of carbonyl (C=O) groups excluding carboxylic acids is 1. The van der Waals surface area contributed by atoms with Gasteiger partial charge in [0.05, 0.1) is 6.54 Å². The van der Waals surface area contributed by atoms with Crippen LogP contribution in [0.15, 0.2) is 24.3 Å². The minimum absolute atomic E-state index is 0.165. The van der Waals surface area contributed by atoms with E-state index in [2.05, 4.69) is 15.7 Å². The molecule has 0 fully saturated rings. The van der Waals surface area contributed by atoms with E-state index in [9.17, 15) is 18.0 Å². The van der Waals surface area contributed by atoms with Crippen LogP contribution in [0.1, 0.15) is 29.8 Å². The standard InChI is InChI=1S/C17H18ClF3N4O/c18-11-4-3-5-12(10-11)23-16(26)22-8-9-25-14-7-2-1-6-13(14)15(24-25)17(19,20)21/h3-5,10H,1-2,6-9H2,(H2,22,23,26). The van der Waals surface area contributed by atoms with Crippen molar-refractivity contribution < 1.29 is 18.0 Å². The number of nitrogens with one attached hydrogen (secondary N) is 2. The maximum absolute atomic E-state index is 13.1. The SMILES string of the molecule is O=C(NCCn1nc(C(F)(F)F)c2c1CCCC2)Nc1cccc(Cl)c1. The molecule has 5 nitrogen and oxygen atoms in total. The number of benzene rings is 1. The Labute approximate surface area is 153 Å². The molecule has 2 N–H and O–H groups in total. The summed E-state index contributed by atoms with van der Waals surface area (Å²) in [5, 5.41) is 9.48. The van der Waals surface area contributed by atoms with Crippen molar-refractivity contribution >= 4 is 23.3 Å². The van der Waals surface area contributed by atoms with Gasteiger partial charge in [-0.1, -0.05) is 17.7 Å². The lowest BCUT2D eigenvalue weighted by molar-refractivity contribution is -0.142. The number of nitrogens with zero attached hydrogens (tertiary/aromatic N) is 2. The third-order valence-corrected chi connectivity index (χ3v) is 4.45. The van der Waals surface area contributed by atoms with Crippen LogP contribution in [-0.4, -0.2) is 22.4 Å². The van der Waals surface area contributed by atoms with E-state index in [1.807, 2.05) is 0 Å². The van der Waals surface area contributed by atoms with E-state index in [0.717, 1.165) is 12.8 Å². The highest BCUT2D eigenvalue weighted by atomic mass is 35.5. The predicted molar refractivity (Wildman–Crippen MR) is 92.3 cm³/mol. The van der Waals surface area contributed by atoms with E-state index < -0.39 is 17.9 Å². The Morgan fingerprint density at radius 3 is 2.77 bits per heavy atom. The molecular formula is C17H18ClF3N4O. The molecular weight excluding hydrogens is 369 g/mol. The second-order valence-corrected chi connectivity index (χ2v) is 6.53. The monoisotopic (exact) mass is 386 g/mol. The molecule has 0 spiro atoms. The smallest absolute Gasteiger partial charge is 0.336 e. The lowest BCUT2D eigenvalue weighted by atomic mass is 9.95. The molecule has 1 aliphatic carbocycles. The fourth-order valence-electron chi connectivity index (χ4n) is 3.10. The number of alkyl halides is 3. The molecule has 0 radical (unpaired) electrons. The van der Waals surface area contributed by atoms with Crippen LogP contribution in [0.3, 0.4) is 0 Å². The quantitative estimate of drug-likeness (QED) is 0.825. The Morgan fingerprint density at radius 1 is 1.27 bits per heavy atom. The number of urea groups is 1. The van der Waals surface area contributed by atoms with E-state index >= 15 is 0 Å². The number of anilines is 1.